The molecule has 0 aliphatic heterocycles. The number of nitrogens with zero attached hydrogens (tertiary/aromatic N) is 1. The van der Waals surface area contributed by atoms with E-state index < -0.39 is 30.1 Å². The van der Waals surface area contributed by atoms with Crippen molar-refractivity contribution in [3.63, 3.8) is 0 Å². The van der Waals surface area contributed by atoms with E-state index in [1.54, 1.807) is 37.3 Å². The first kappa shape index (κ1) is 23.1. The van der Waals surface area contributed by atoms with Crippen molar-refractivity contribution >= 4 is 28.2 Å². The molecule has 3 rings (SSSR count). The predicted molar refractivity (Wildman–Crippen MR) is 116 cm³/mol. The van der Waals surface area contributed by atoms with Crippen LogP contribution in [0.3, 0.4) is 0 Å². The summed E-state index contributed by atoms with van der Waals surface area (Å²) >= 11 is 5.88. The van der Waals surface area contributed by atoms with Gasteiger partial charge < -0.3 is 20.8 Å². The van der Waals surface area contributed by atoms with Gasteiger partial charge in [0.1, 0.15) is 5.75 Å². The number of likely N-dealkylation sites (N-methyl/N-ethyl adjacent to an activating group) is 1. The van der Waals surface area contributed by atoms with Crippen molar-refractivity contribution in [1.29, 1.82) is 0 Å². The Morgan fingerprint density at radius 1 is 1.13 bits per heavy atom. The molecule has 3 aromatic rings. The molecule has 0 bridgehead atoms. The number of hydrogen-bond acceptors (Lipinski definition) is 5. The summed E-state index contributed by atoms with van der Waals surface area (Å²) in [7, 11) is 0. The van der Waals surface area contributed by atoms with Gasteiger partial charge in [-0.25, -0.2) is 0 Å². The fraction of sp³-hybridized carbons (Fsp3) is 0.318. The summed E-state index contributed by atoms with van der Waals surface area (Å²) < 4.78 is 42.6. The number of alkyl halides is 3. The van der Waals surface area contributed by atoms with Gasteiger partial charge in [-0.1, -0.05) is 30.7 Å². The van der Waals surface area contributed by atoms with Gasteiger partial charge in [-0.2, -0.15) is 13.2 Å². The molecule has 0 spiro atoms. The van der Waals surface area contributed by atoms with Gasteiger partial charge in [0.05, 0.1) is 11.6 Å². The monoisotopic (exact) mass is 453 g/mol. The lowest BCUT2D eigenvalue weighted by molar-refractivity contribution is -0.264. The SMILES string of the molecule is CCNCC(O)(C(Nc1cccc2nc(C)ccc12)c1ccc(Cl)cc1O)C(F)(F)F. The number of aliphatic hydroxyl groups is 1. The third kappa shape index (κ3) is 4.71. The third-order valence-corrected chi connectivity index (χ3v) is 5.32. The molecule has 2 unspecified atom stereocenters. The standard InChI is InChI=1S/C22H23ClF3N3O2/c1-3-27-12-21(31,22(24,25)26)20(16-10-8-14(23)11-19(16)30)29-18-6-4-5-17-15(18)9-7-13(2)28-17/h4-11,20,27,29-31H,3,12H2,1-2H3. The number of hydrogen-bond donors (Lipinski definition) is 4. The molecule has 1 aromatic heterocycles. The molecule has 0 amide bonds. The average molecular weight is 454 g/mol. The molecule has 0 saturated carbocycles. The van der Waals surface area contributed by atoms with E-state index in [0.717, 1.165) is 11.8 Å². The van der Waals surface area contributed by atoms with Gasteiger partial charge >= 0.3 is 6.18 Å². The molecule has 1 heterocycles. The Bertz CT molecular complexity index is 1080. The molecule has 2 atom stereocenters. The largest absolute Gasteiger partial charge is 0.508 e. The molecule has 4 N–H and O–H groups in total. The van der Waals surface area contributed by atoms with Crippen LogP contribution in [0.25, 0.3) is 10.9 Å². The number of anilines is 1. The zero-order chi connectivity index (χ0) is 22.8. The van der Waals surface area contributed by atoms with Gasteiger partial charge in [0.25, 0.3) is 0 Å². The number of fused-ring (bicyclic) bond motifs is 1. The maximum atomic E-state index is 14.2. The number of phenols is 1. The Hall–Kier alpha value is -2.55. The van der Waals surface area contributed by atoms with Gasteiger partial charge in [-0.05, 0) is 49.9 Å². The highest BCUT2D eigenvalue weighted by Gasteiger charge is 2.59. The Kier molecular flexibility index (Phi) is 6.64. The molecular weight excluding hydrogens is 431 g/mol. The predicted octanol–water partition coefficient (Wildman–Crippen LogP) is 4.96. The second kappa shape index (κ2) is 8.90. The lowest BCUT2D eigenvalue weighted by atomic mass is 9.86. The highest BCUT2D eigenvalue weighted by atomic mass is 35.5. The number of halogens is 4. The summed E-state index contributed by atoms with van der Waals surface area (Å²) in [5.41, 5.74) is -1.70. The Balaban J connectivity index is 2.19. The molecule has 5 nitrogen and oxygen atoms in total. The molecule has 0 saturated heterocycles. The van der Waals surface area contributed by atoms with E-state index >= 15 is 0 Å². The van der Waals surface area contributed by atoms with Crippen molar-refractivity contribution in [2.45, 2.75) is 31.7 Å². The van der Waals surface area contributed by atoms with Crippen molar-refractivity contribution in [3.8, 4) is 5.75 Å². The third-order valence-electron chi connectivity index (χ3n) is 5.09. The molecule has 166 valence electrons. The van der Waals surface area contributed by atoms with Gasteiger partial charge in [0.15, 0.2) is 5.60 Å². The molecule has 2 aromatic carbocycles. The molecule has 9 heteroatoms. The molecule has 0 fully saturated rings. The Morgan fingerprint density at radius 2 is 1.87 bits per heavy atom. The summed E-state index contributed by atoms with van der Waals surface area (Å²) in [5, 5.41) is 27.5. The van der Waals surface area contributed by atoms with Crippen molar-refractivity contribution < 1.29 is 23.4 Å². The summed E-state index contributed by atoms with van der Waals surface area (Å²) in [4.78, 5) is 4.40. The topological polar surface area (TPSA) is 77.4 Å². The molecule has 0 radical (unpaired) electrons. The summed E-state index contributed by atoms with van der Waals surface area (Å²) in [5.74, 6) is -0.460. The maximum absolute atomic E-state index is 14.2. The van der Waals surface area contributed by atoms with Crippen molar-refractivity contribution in [2.24, 2.45) is 0 Å². The fourth-order valence-electron chi connectivity index (χ4n) is 3.44. The van der Waals surface area contributed by atoms with E-state index in [1.807, 2.05) is 6.92 Å². The van der Waals surface area contributed by atoms with Crippen LogP contribution in [-0.2, 0) is 0 Å². The zero-order valence-electron chi connectivity index (χ0n) is 17.0. The lowest BCUT2D eigenvalue weighted by Gasteiger charge is -2.39. The summed E-state index contributed by atoms with van der Waals surface area (Å²) in [6.07, 6.45) is -5.02. The van der Waals surface area contributed by atoms with Crippen LogP contribution < -0.4 is 10.6 Å². The molecular formula is C22H23ClF3N3O2. The second-order valence-electron chi connectivity index (χ2n) is 7.31. The first-order valence-corrected chi connectivity index (χ1v) is 10.1. The van der Waals surface area contributed by atoms with E-state index in [2.05, 4.69) is 15.6 Å². The van der Waals surface area contributed by atoms with Crippen LogP contribution in [-0.4, -0.2) is 40.1 Å². The van der Waals surface area contributed by atoms with Crippen LogP contribution >= 0.6 is 11.6 Å². The number of pyridine rings is 1. The van der Waals surface area contributed by atoms with E-state index in [9.17, 15) is 23.4 Å². The summed E-state index contributed by atoms with van der Waals surface area (Å²) in [6, 6.07) is 10.5. The van der Waals surface area contributed by atoms with Crippen molar-refractivity contribution in [2.75, 3.05) is 18.4 Å². The number of nitrogens with one attached hydrogen (secondary N) is 2. The van der Waals surface area contributed by atoms with E-state index in [0.29, 0.717) is 16.6 Å². The van der Waals surface area contributed by atoms with Crippen molar-refractivity contribution in [3.05, 3.63) is 64.8 Å². The lowest BCUT2D eigenvalue weighted by Crippen LogP contribution is -2.58. The molecule has 0 aliphatic carbocycles. The van der Waals surface area contributed by atoms with E-state index in [1.165, 1.54) is 12.1 Å². The van der Waals surface area contributed by atoms with E-state index in [4.69, 9.17) is 11.6 Å². The van der Waals surface area contributed by atoms with Gasteiger partial charge in [0.2, 0.25) is 0 Å². The van der Waals surface area contributed by atoms with Crippen LogP contribution in [0.1, 0.15) is 24.2 Å². The van der Waals surface area contributed by atoms with Gasteiger partial charge in [0, 0.05) is 33.9 Å². The highest BCUT2D eigenvalue weighted by Crippen LogP contribution is 2.45. The van der Waals surface area contributed by atoms with Crippen molar-refractivity contribution in [1.82, 2.24) is 10.3 Å². The number of aryl methyl sites for hydroxylation is 1. The van der Waals surface area contributed by atoms with Gasteiger partial charge in [-0.3, -0.25) is 4.98 Å². The normalized spacial score (nSPS) is 14.9. The number of benzene rings is 2. The quantitative estimate of drug-likeness (QED) is 0.407. The van der Waals surface area contributed by atoms with E-state index in [-0.39, 0.29) is 17.1 Å². The number of phenolic OH excluding ortho intramolecular Hbond substituents is 1. The van der Waals surface area contributed by atoms with Gasteiger partial charge in [-0.15, -0.1) is 0 Å². The number of rotatable bonds is 7. The molecule has 0 aliphatic rings. The van der Waals surface area contributed by atoms with Crippen LogP contribution in [0.5, 0.6) is 5.75 Å². The van der Waals surface area contributed by atoms with Crippen LogP contribution in [0, 0.1) is 6.92 Å². The second-order valence-corrected chi connectivity index (χ2v) is 7.74. The Labute approximate surface area is 182 Å². The minimum Gasteiger partial charge on any atom is -0.508 e. The smallest absolute Gasteiger partial charge is 0.420 e. The first-order valence-electron chi connectivity index (χ1n) is 9.68. The highest BCUT2D eigenvalue weighted by molar-refractivity contribution is 6.30. The number of aromatic nitrogens is 1. The fourth-order valence-corrected chi connectivity index (χ4v) is 3.60. The minimum absolute atomic E-state index is 0.140. The zero-order valence-corrected chi connectivity index (χ0v) is 17.7. The maximum Gasteiger partial charge on any atom is 0.420 e. The van der Waals surface area contributed by atoms with Crippen LogP contribution in [0.15, 0.2) is 48.5 Å². The minimum atomic E-state index is -5.02. The molecule has 31 heavy (non-hydrogen) atoms. The van der Waals surface area contributed by atoms with Crippen LogP contribution in [0.4, 0.5) is 18.9 Å². The summed E-state index contributed by atoms with van der Waals surface area (Å²) in [6.45, 7) is 2.88. The first-order chi connectivity index (χ1) is 14.6. The Morgan fingerprint density at radius 3 is 2.52 bits per heavy atom. The van der Waals surface area contributed by atoms with Crippen LogP contribution in [0.2, 0.25) is 5.02 Å². The average Bonchev–Trinajstić information content (AvgIpc) is 2.69. The number of aromatic hydroxyl groups is 1.